The molecule has 0 aliphatic rings. The van der Waals surface area contributed by atoms with Gasteiger partial charge < -0.3 is 56.8 Å². The van der Waals surface area contributed by atoms with E-state index in [2.05, 4.69) is 13.8 Å². The van der Waals surface area contributed by atoms with Crippen LogP contribution in [-0.2, 0) is 56.8 Å². The molecule has 0 amide bonds. The van der Waals surface area contributed by atoms with Gasteiger partial charge in [0.2, 0.25) is 0 Å². The summed E-state index contributed by atoms with van der Waals surface area (Å²) in [6, 6.07) is 0. The van der Waals surface area contributed by atoms with E-state index < -0.39 is 0 Å². The molecule has 12 nitrogen and oxygen atoms in total. The van der Waals surface area contributed by atoms with E-state index in [-0.39, 0.29) is 0 Å². The zero-order chi connectivity index (χ0) is 30.3. The van der Waals surface area contributed by atoms with Crippen LogP contribution in [0.1, 0.15) is 39.5 Å². The van der Waals surface area contributed by atoms with Gasteiger partial charge in [0.05, 0.1) is 145 Å². The fourth-order valence-corrected chi connectivity index (χ4v) is 3.01. The minimum atomic E-state index is 0.522. The molecule has 0 atom stereocenters. The molecule has 0 aromatic rings. The highest BCUT2D eigenvalue weighted by Crippen LogP contribution is 1.90. The van der Waals surface area contributed by atoms with Crippen LogP contribution >= 0.6 is 0 Å². The summed E-state index contributed by atoms with van der Waals surface area (Å²) < 4.78 is 65.5. The lowest BCUT2D eigenvalue weighted by Crippen LogP contribution is -2.15. The molecular formula is C30H62O12. The quantitative estimate of drug-likeness (QED) is 0.0950. The molecule has 0 heterocycles. The van der Waals surface area contributed by atoms with Crippen molar-refractivity contribution < 1.29 is 56.8 Å². The van der Waals surface area contributed by atoms with Crippen molar-refractivity contribution in [2.24, 2.45) is 0 Å². The van der Waals surface area contributed by atoms with Gasteiger partial charge in [-0.05, 0) is 12.8 Å². The summed E-state index contributed by atoms with van der Waals surface area (Å²) in [7, 11) is 0. The van der Waals surface area contributed by atoms with Crippen LogP contribution in [0.4, 0.5) is 0 Å². The average molecular weight is 615 g/mol. The maximum atomic E-state index is 5.48. The Kier molecular flexibility index (Phi) is 40.1. The molecule has 254 valence electrons. The molecule has 0 bridgehead atoms. The second-order valence-electron chi connectivity index (χ2n) is 9.06. The maximum absolute atomic E-state index is 5.48. The Morgan fingerprint density at radius 3 is 0.429 bits per heavy atom. The van der Waals surface area contributed by atoms with Crippen LogP contribution in [0.3, 0.4) is 0 Å². The van der Waals surface area contributed by atoms with E-state index >= 15 is 0 Å². The molecule has 0 saturated carbocycles. The maximum Gasteiger partial charge on any atom is 0.0701 e. The fraction of sp³-hybridized carbons (Fsp3) is 1.00. The summed E-state index contributed by atoms with van der Waals surface area (Å²) in [5.41, 5.74) is 0. The van der Waals surface area contributed by atoms with E-state index in [1.165, 1.54) is 0 Å². The molecule has 0 unspecified atom stereocenters. The third-order valence-electron chi connectivity index (χ3n) is 5.38. The fourth-order valence-electron chi connectivity index (χ4n) is 3.01. The van der Waals surface area contributed by atoms with Crippen LogP contribution in [0.5, 0.6) is 0 Å². The van der Waals surface area contributed by atoms with Crippen LogP contribution in [-0.4, -0.2) is 159 Å². The zero-order valence-electron chi connectivity index (χ0n) is 26.7. The predicted octanol–water partition coefficient (Wildman–Crippen LogP) is 2.79. The van der Waals surface area contributed by atoms with Gasteiger partial charge in [0, 0.05) is 13.2 Å². The van der Waals surface area contributed by atoms with E-state index in [1.54, 1.807) is 0 Å². The normalized spacial score (nSPS) is 11.6. The zero-order valence-corrected chi connectivity index (χ0v) is 26.7. The lowest BCUT2D eigenvalue weighted by molar-refractivity contribution is -0.0283. The number of unbranched alkanes of at least 4 members (excludes halogenated alkanes) is 2. The van der Waals surface area contributed by atoms with Crippen LogP contribution in [0.2, 0.25) is 0 Å². The van der Waals surface area contributed by atoms with Crippen molar-refractivity contribution in [2.75, 3.05) is 159 Å². The van der Waals surface area contributed by atoms with Gasteiger partial charge in [0.25, 0.3) is 0 Å². The summed E-state index contributed by atoms with van der Waals surface area (Å²) in [6.07, 6.45) is 4.49. The smallest absolute Gasteiger partial charge is 0.0701 e. The molecule has 0 radical (unpaired) electrons. The van der Waals surface area contributed by atoms with Crippen molar-refractivity contribution in [3.05, 3.63) is 0 Å². The molecule has 0 spiro atoms. The van der Waals surface area contributed by atoms with E-state index in [0.29, 0.717) is 145 Å². The Bertz CT molecular complexity index is 422. The first-order valence-corrected chi connectivity index (χ1v) is 15.8. The summed E-state index contributed by atoms with van der Waals surface area (Å²) in [5.74, 6) is 0. The van der Waals surface area contributed by atoms with Gasteiger partial charge in [0.1, 0.15) is 0 Å². The number of rotatable bonds is 39. The predicted molar refractivity (Wildman–Crippen MR) is 160 cm³/mol. The topological polar surface area (TPSA) is 111 Å². The van der Waals surface area contributed by atoms with Crippen molar-refractivity contribution >= 4 is 0 Å². The van der Waals surface area contributed by atoms with Crippen molar-refractivity contribution in [1.29, 1.82) is 0 Å². The molecular weight excluding hydrogens is 552 g/mol. The first-order chi connectivity index (χ1) is 20.9. The number of hydrogen-bond donors (Lipinski definition) is 0. The first kappa shape index (κ1) is 41.5. The SMILES string of the molecule is CCCCOCCOCCOCCOCCOCCOCCOCCOCCOCCOCCOCCOCCCC. The Balaban J connectivity index is 3.02. The third kappa shape index (κ3) is 39.5. The standard InChI is InChI=1S/C30H62O12/c1-3-5-7-31-9-11-33-13-15-35-17-19-37-21-23-39-25-27-41-29-30-42-28-26-40-24-22-38-20-18-36-16-14-34-12-10-32-8-6-4-2/h3-30H2,1-2H3. The van der Waals surface area contributed by atoms with E-state index in [4.69, 9.17) is 56.8 Å². The molecule has 0 saturated heterocycles. The highest BCUT2D eigenvalue weighted by atomic mass is 16.6. The number of hydrogen-bond acceptors (Lipinski definition) is 12. The van der Waals surface area contributed by atoms with Gasteiger partial charge in [-0.15, -0.1) is 0 Å². The molecule has 42 heavy (non-hydrogen) atoms. The average Bonchev–Trinajstić information content (AvgIpc) is 3.00. The Labute approximate surface area is 255 Å². The molecule has 0 N–H and O–H groups in total. The largest absolute Gasteiger partial charge is 0.379 e. The van der Waals surface area contributed by atoms with Gasteiger partial charge >= 0.3 is 0 Å². The van der Waals surface area contributed by atoms with Gasteiger partial charge in [-0.2, -0.15) is 0 Å². The Hall–Kier alpha value is -0.480. The second-order valence-corrected chi connectivity index (χ2v) is 9.06. The van der Waals surface area contributed by atoms with Crippen LogP contribution in [0.25, 0.3) is 0 Å². The van der Waals surface area contributed by atoms with Crippen LogP contribution in [0.15, 0.2) is 0 Å². The van der Waals surface area contributed by atoms with Crippen molar-refractivity contribution in [3.8, 4) is 0 Å². The summed E-state index contributed by atoms with van der Waals surface area (Å²) in [6.45, 7) is 18.1. The molecule has 0 fully saturated rings. The summed E-state index contributed by atoms with van der Waals surface area (Å²) in [5, 5.41) is 0. The molecule has 0 rings (SSSR count). The first-order valence-electron chi connectivity index (χ1n) is 15.8. The van der Waals surface area contributed by atoms with Gasteiger partial charge in [0.15, 0.2) is 0 Å². The number of ether oxygens (including phenoxy) is 12. The highest BCUT2D eigenvalue weighted by Gasteiger charge is 1.96. The Morgan fingerprint density at radius 2 is 0.310 bits per heavy atom. The Morgan fingerprint density at radius 1 is 0.190 bits per heavy atom. The third-order valence-corrected chi connectivity index (χ3v) is 5.38. The minimum Gasteiger partial charge on any atom is -0.379 e. The van der Waals surface area contributed by atoms with Gasteiger partial charge in [-0.25, -0.2) is 0 Å². The van der Waals surface area contributed by atoms with E-state index in [9.17, 15) is 0 Å². The van der Waals surface area contributed by atoms with Crippen molar-refractivity contribution in [1.82, 2.24) is 0 Å². The highest BCUT2D eigenvalue weighted by molar-refractivity contribution is 4.40. The van der Waals surface area contributed by atoms with E-state index in [0.717, 1.165) is 38.9 Å². The molecule has 12 heteroatoms. The molecule has 0 aliphatic carbocycles. The molecule has 0 aliphatic heterocycles. The van der Waals surface area contributed by atoms with Crippen molar-refractivity contribution in [2.45, 2.75) is 39.5 Å². The second kappa shape index (κ2) is 40.5. The summed E-state index contributed by atoms with van der Waals surface area (Å²) in [4.78, 5) is 0. The summed E-state index contributed by atoms with van der Waals surface area (Å²) >= 11 is 0. The molecule has 0 aromatic heterocycles. The van der Waals surface area contributed by atoms with Crippen LogP contribution in [0, 0.1) is 0 Å². The minimum absolute atomic E-state index is 0.522. The van der Waals surface area contributed by atoms with Gasteiger partial charge in [-0.1, -0.05) is 26.7 Å². The lowest BCUT2D eigenvalue weighted by Gasteiger charge is -2.09. The molecule has 0 aromatic carbocycles. The monoisotopic (exact) mass is 614 g/mol. The van der Waals surface area contributed by atoms with Crippen molar-refractivity contribution in [3.63, 3.8) is 0 Å². The van der Waals surface area contributed by atoms with Crippen LogP contribution < -0.4 is 0 Å². The lowest BCUT2D eigenvalue weighted by atomic mass is 10.4. The van der Waals surface area contributed by atoms with E-state index in [1.807, 2.05) is 0 Å². The van der Waals surface area contributed by atoms with Gasteiger partial charge in [-0.3, -0.25) is 0 Å².